The summed E-state index contributed by atoms with van der Waals surface area (Å²) in [5, 5.41) is 23.9. The molecule has 2 amide bonds. The maximum atomic E-state index is 13.1. The van der Waals surface area contributed by atoms with E-state index in [1.165, 1.54) is 20.2 Å². The lowest BCUT2D eigenvalue weighted by atomic mass is 9.95. The number of aliphatic carboxylic acids is 1. The summed E-state index contributed by atoms with van der Waals surface area (Å²) in [5.74, 6) is -1.10. The van der Waals surface area contributed by atoms with Crippen LogP contribution in [0.15, 0.2) is 27.6 Å². The number of amides is 2. The van der Waals surface area contributed by atoms with E-state index >= 15 is 0 Å². The van der Waals surface area contributed by atoms with Gasteiger partial charge < -0.3 is 15.2 Å². The molecule has 0 saturated heterocycles. The highest BCUT2D eigenvalue weighted by atomic mass is 32.2. The van der Waals surface area contributed by atoms with Gasteiger partial charge in [0.1, 0.15) is 5.75 Å². The van der Waals surface area contributed by atoms with Crippen molar-refractivity contribution in [2.24, 2.45) is 13.0 Å². The maximum absolute atomic E-state index is 13.1. The second-order valence-electron chi connectivity index (χ2n) is 8.25. The predicted octanol–water partition coefficient (Wildman–Crippen LogP) is 2.15. The van der Waals surface area contributed by atoms with Gasteiger partial charge in [-0.1, -0.05) is 29.3 Å². The molecular formula is C21H23N7O7S2. The molecule has 0 radical (unpaired) electrons. The molecule has 1 fully saturated rings. The van der Waals surface area contributed by atoms with Gasteiger partial charge in [-0.3, -0.25) is 14.9 Å². The van der Waals surface area contributed by atoms with E-state index in [0.29, 0.717) is 22.6 Å². The first-order valence-electron chi connectivity index (χ1n) is 11.1. The summed E-state index contributed by atoms with van der Waals surface area (Å²) < 4.78 is 31.8. The molecule has 0 bridgehead atoms. The van der Waals surface area contributed by atoms with E-state index in [-0.39, 0.29) is 28.2 Å². The van der Waals surface area contributed by atoms with Gasteiger partial charge in [-0.15, -0.1) is 0 Å². The highest BCUT2D eigenvalue weighted by molar-refractivity contribution is 7.93. The van der Waals surface area contributed by atoms with Gasteiger partial charge >= 0.3 is 12.0 Å². The molecule has 1 aromatic carbocycles. The fourth-order valence-electron chi connectivity index (χ4n) is 4.01. The first kappa shape index (κ1) is 26.2. The number of thiazole rings is 1. The molecular weight excluding hydrogens is 526 g/mol. The number of nitrogens with zero attached hydrogens (tertiary/aromatic N) is 5. The van der Waals surface area contributed by atoms with Gasteiger partial charge in [-0.05, 0) is 41.5 Å². The van der Waals surface area contributed by atoms with E-state index in [0.717, 1.165) is 30.4 Å². The predicted molar refractivity (Wildman–Crippen MR) is 130 cm³/mol. The van der Waals surface area contributed by atoms with E-state index in [1.807, 2.05) is 0 Å². The SMILES string of the molecule is COc1ccc(NC(=O)Nc2nc(CC(=O)O)c(S(=O)(=O)c3nnnn3C)s2)c(C(=O)C2CCCC2)c1. The third kappa shape index (κ3) is 5.59. The number of carboxylic acid groups (broad SMARTS) is 1. The van der Waals surface area contributed by atoms with Gasteiger partial charge in [0.25, 0.3) is 15.0 Å². The zero-order valence-electron chi connectivity index (χ0n) is 19.8. The highest BCUT2D eigenvalue weighted by Gasteiger charge is 2.32. The van der Waals surface area contributed by atoms with Crippen molar-refractivity contribution in [2.45, 2.75) is 41.5 Å². The number of methoxy groups -OCH3 is 1. The Morgan fingerprint density at radius 3 is 2.57 bits per heavy atom. The smallest absolute Gasteiger partial charge is 0.325 e. The van der Waals surface area contributed by atoms with Crippen LogP contribution >= 0.6 is 11.3 Å². The molecule has 16 heteroatoms. The summed E-state index contributed by atoms with van der Waals surface area (Å²) in [4.78, 5) is 41.2. The first-order chi connectivity index (χ1) is 17.6. The number of Topliss-reactive ketones (excluding diaryl/α,β-unsaturated/α-hetero) is 1. The molecule has 14 nitrogen and oxygen atoms in total. The van der Waals surface area contributed by atoms with Gasteiger partial charge in [0.05, 0.1) is 24.9 Å². The van der Waals surface area contributed by atoms with Crippen LogP contribution in [0, 0.1) is 5.92 Å². The summed E-state index contributed by atoms with van der Waals surface area (Å²) in [7, 11) is -1.54. The number of aromatic nitrogens is 5. The van der Waals surface area contributed by atoms with Crippen LogP contribution in [0.25, 0.3) is 0 Å². The van der Waals surface area contributed by atoms with Gasteiger partial charge in [-0.2, -0.15) is 0 Å². The normalized spacial score (nSPS) is 13.9. The van der Waals surface area contributed by atoms with Crippen molar-refractivity contribution in [2.75, 3.05) is 17.7 Å². The van der Waals surface area contributed by atoms with E-state index in [1.54, 1.807) is 12.1 Å². The van der Waals surface area contributed by atoms with E-state index in [9.17, 15) is 27.9 Å². The number of carbonyl (C=O) groups is 3. The van der Waals surface area contributed by atoms with Crippen molar-refractivity contribution in [3.63, 3.8) is 0 Å². The number of hydrogen-bond donors (Lipinski definition) is 3. The van der Waals surface area contributed by atoms with Gasteiger partial charge in [0.2, 0.25) is 0 Å². The van der Waals surface area contributed by atoms with Crippen molar-refractivity contribution >= 4 is 49.8 Å². The lowest BCUT2D eigenvalue weighted by Gasteiger charge is -2.15. The van der Waals surface area contributed by atoms with Crippen LogP contribution in [0.1, 0.15) is 41.7 Å². The Bertz CT molecular complexity index is 1460. The van der Waals surface area contributed by atoms with Crippen LogP contribution in [0.5, 0.6) is 5.75 Å². The lowest BCUT2D eigenvalue weighted by Crippen LogP contribution is -2.22. The van der Waals surface area contributed by atoms with Crippen LogP contribution in [0.2, 0.25) is 0 Å². The number of carbonyl (C=O) groups excluding carboxylic acids is 2. The molecule has 196 valence electrons. The molecule has 4 rings (SSSR count). The molecule has 3 aromatic rings. The maximum Gasteiger partial charge on any atom is 0.325 e. The molecule has 2 aromatic heterocycles. The highest BCUT2D eigenvalue weighted by Crippen LogP contribution is 2.34. The number of sulfone groups is 1. The third-order valence-electron chi connectivity index (χ3n) is 5.73. The molecule has 1 saturated carbocycles. The second kappa shape index (κ2) is 10.6. The Morgan fingerprint density at radius 2 is 1.95 bits per heavy atom. The number of aryl methyl sites for hydroxylation is 1. The van der Waals surface area contributed by atoms with Crippen LogP contribution in [-0.2, 0) is 28.1 Å². The summed E-state index contributed by atoms with van der Waals surface area (Å²) in [5.41, 5.74) is 0.262. The molecule has 0 spiro atoms. The Hall–Kier alpha value is -3.92. The fourth-order valence-corrected chi connectivity index (χ4v) is 6.74. The Morgan fingerprint density at radius 1 is 1.22 bits per heavy atom. The zero-order chi connectivity index (χ0) is 26.7. The fraction of sp³-hybridized carbons (Fsp3) is 0.381. The van der Waals surface area contributed by atoms with Crippen molar-refractivity contribution in [3.8, 4) is 5.75 Å². The van der Waals surface area contributed by atoms with Crippen LogP contribution in [0.4, 0.5) is 15.6 Å². The number of urea groups is 1. The van der Waals surface area contributed by atoms with Crippen molar-refractivity contribution in [1.29, 1.82) is 0 Å². The summed E-state index contributed by atoms with van der Waals surface area (Å²) >= 11 is 0.561. The molecule has 1 aliphatic carbocycles. The van der Waals surface area contributed by atoms with Crippen LogP contribution in [-0.4, -0.2) is 63.6 Å². The zero-order valence-corrected chi connectivity index (χ0v) is 21.4. The molecule has 0 unspecified atom stereocenters. The number of carboxylic acids is 1. The minimum absolute atomic E-state index is 0.102. The van der Waals surface area contributed by atoms with Crippen LogP contribution < -0.4 is 15.4 Å². The summed E-state index contributed by atoms with van der Waals surface area (Å²) in [6.45, 7) is 0. The minimum atomic E-state index is -4.32. The number of rotatable bonds is 9. The molecule has 3 N–H and O–H groups in total. The topological polar surface area (TPSA) is 195 Å². The number of nitrogens with one attached hydrogen (secondary N) is 2. The Labute approximate surface area is 215 Å². The van der Waals surface area contributed by atoms with E-state index in [4.69, 9.17) is 4.74 Å². The van der Waals surface area contributed by atoms with Crippen molar-refractivity contribution in [3.05, 3.63) is 29.5 Å². The average molecular weight is 550 g/mol. The minimum Gasteiger partial charge on any atom is -0.497 e. The van der Waals surface area contributed by atoms with E-state index < -0.39 is 37.6 Å². The van der Waals surface area contributed by atoms with Gasteiger partial charge in [-0.25, -0.2) is 22.9 Å². The second-order valence-corrected chi connectivity index (χ2v) is 11.3. The number of ketones is 1. The number of hydrogen-bond acceptors (Lipinski definition) is 11. The van der Waals surface area contributed by atoms with Gasteiger partial charge in [0.15, 0.2) is 15.1 Å². The molecule has 0 atom stereocenters. The van der Waals surface area contributed by atoms with E-state index in [2.05, 4.69) is 31.1 Å². The average Bonchev–Trinajstić information content (AvgIpc) is 3.60. The summed E-state index contributed by atoms with van der Waals surface area (Å²) in [6.07, 6.45) is 2.75. The number of benzene rings is 1. The monoisotopic (exact) mass is 549 g/mol. The van der Waals surface area contributed by atoms with Gasteiger partial charge in [0, 0.05) is 18.5 Å². The third-order valence-corrected chi connectivity index (χ3v) is 9.00. The molecule has 1 aliphatic rings. The standard InChI is InChI=1S/C21H23N7O7S2/c1-28-21(25-26-27-28)37(33,34)18-15(10-16(29)30)23-20(36-18)24-19(32)22-14-8-7-12(35-2)9-13(14)17(31)11-5-3-4-6-11/h7-9,11H,3-6,10H2,1-2H3,(H,29,30)(H2,22,23,24,32). The number of anilines is 2. The molecule has 0 aliphatic heterocycles. The lowest BCUT2D eigenvalue weighted by molar-refractivity contribution is -0.136. The first-order valence-corrected chi connectivity index (χ1v) is 13.4. The van der Waals surface area contributed by atoms with Crippen molar-refractivity contribution in [1.82, 2.24) is 25.2 Å². The quantitative estimate of drug-likeness (QED) is 0.331. The Kier molecular flexibility index (Phi) is 7.49. The largest absolute Gasteiger partial charge is 0.497 e. The van der Waals surface area contributed by atoms with Crippen LogP contribution in [0.3, 0.4) is 0 Å². The number of tetrazole rings is 1. The number of ether oxygens (including phenoxy) is 1. The Balaban J connectivity index is 1.60. The molecule has 2 heterocycles. The van der Waals surface area contributed by atoms with Crippen molar-refractivity contribution < 1.29 is 32.6 Å². The molecule has 37 heavy (non-hydrogen) atoms. The summed E-state index contributed by atoms with van der Waals surface area (Å²) in [6, 6.07) is 3.89.